The SMILES string of the molecule is CCc1ccccc1N(C(C)=O)c1nc(CSc2ccc(F)cc2F)cs1. The molecule has 0 N–H and O–H groups in total. The number of hydrogen-bond acceptors (Lipinski definition) is 4. The Morgan fingerprint density at radius 2 is 2.00 bits per heavy atom. The Hall–Kier alpha value is -2.25. The third-order valence-electron chi connectivity index (χ3n) is 3.93. The Kier molecular flexibility index (Phi) is 6.23. The maximum atomic E-state index is 13.8. The zero-order chi connectivity index (χ0) is 19.4. The van der Waals surface area contributed by atoms with E-state index in [-0.39, 0.29) is 5.91 Å². The van der Waals surface area contributed by atoms with Crippen LogP contribution in [0, 0.1) is 11.6 Å². The first kappa shape index (κ1) is 19.5. The number of benzene rings is 2. The molecular weight excluding hydrogens is 386 g/mol. The highest BCUT2D eigenvalue weighted by atomic mass is 32.2. The van der Waals surface area contributed by atoms with Crippen molar-refractivity contribution >= 4 is 39.8 Å². The van der Waals surface area contributed by atoms with Gasteiger partial charge in [-0.3, -0.25) is 9.69 Å². The van der Waals surface area contributed by atoms with Crippen molar-refractivity contribution in [3.8, 4) is 0 Å². The molecule has 1 aromatic heterocycles. The summed E-state index contributed by atoms with van der Waals surface area (Å²) in [6.45, 7) is 3.55. The topological polar surface area (TPSA) is 33.2 Å². The smallest absolute Gasteiger partial charge is 0.230 e. The lowest BCUT2D eigenvalue weighted by Gasteiger charge is -2.20. The van der Waals surface area contributed by atoms with Crippen LogP contribution in [0.25, 0.3) is 0 Å². The number of thioether (sulfide) groups is 1. The number of halogens is 2. The highest BCUT2D eigenvalue weighted by molar-refractivity contribution is 7.98. The minimum absolute atomic E-state index is 0.117. The van der Waals surface area contributed by atoms with Crippen LogP contribution in [-0.4, -0.2) is 10.9 Å². The van der Waals surface area contributed by atoms with Crippen LogP contribution in [0.2, 0.25) is 0 Å². The summed E-state index contributed by atoms with van der Waals surface area (Å²) in [5.74, 6) is -0.869. The van der Waals surface area contributed by atoms with E-state index >= 15 is 0 Å². The van der Waals surface area contributed by atoms with Crippen LogP contribution in [-0.2, 0) is 17.0 Å². The molecule has 0 fully saturated rings. The quantitative estimate of drug-likeness (QED) is 0.475. The Morgan fingerprint density at radius 3 is 2.70 bits per heavy atom. The zero-order valence-corrected chi connectivity index (χ0v) is 16.5. The van der Waals surface area contributed by atoms with Crippen molar-refractivity contribution in [3.05, 3.63) is 70.7 Å². The fourth-order valence-corrected chi connectivity index (χ4v) is 4.44. The number of aryl methyl sites for hydroxylation is 1. The Balaban J connectivity index is 1.81. The van der Waals surface area contributed by atoms with Crippen LogP contribution in [0.4, 0.5) is 19.6 Å². The summed E-state index contributed by atoms with van der Waals surface area (Å²) >= 11 is 2.61. The fraction of sp³-hybridized carbons (Fsp3) is 0.200. The molecule has 0 radical (unpaired) electrons. The highest BCUT2D eigenvalue weighted by Crippen LogP contribution is 2.33. The van der Waals surface area contributed by atoms with Crippen LogP contribution in [0.1, 0.15) is 25.1 Å². The largest absolute Gasteiger partial charge is 0.274 e. The van der Waals surface area contributed by atoms with Crippen molar-refractivity contribution in [2.45, 2.75) is 30.9 Å². The van der Waals surface area contributed by atoms with E-state index in [9.17, 15) is 13.6 Å². The molecule has 1 heterocycles. The first-order chi connectivity index (χ1) is 13.0. The van der Waals surface area contributed by atoms with Gasteiger partial charge in [0.25, 0.3) is 0 Å². The molecule has 0 aliphatic carbocycles. The van der Waals surface area contributed by atoms with E-state index in [0.717, 1.165) is 29.4 Å². The highest BCUT2D eigenvalue weighted by Gasteiger charge is 2.20. The molecule has 3 aromatic rings. The van der Waals surface area contributed by atoms with Crippen LogP contribution < -0.4 is 4.90 Å². The fourth-order valence-electron chi connectivity index (χ4n) is 2.64. The van der Waals surface area contributed by atoms with Gasteiger partial charge in [0.1, 0.15) is 11.6 Å². The van der Waals surface area contributed by atoms with Gasteiger partial charge in [-0.1, -0.05) is 25.1 Å². The molecule has 1 amide bonds. The van der Waals surface area contributed by atoms with E-state index in [2.05, 4.69) is 4.98 Å². The van der Waals surface area contributed by atoms with Gasteiger partial charge in [0.15, 0.2) is 5.13 Å². The molecule has 0 atom stereocenters. The lowest BCUT2D eigenvalue weighted by atomic mass is 10.1. The molecular formula is C20H18F2N2OS2. The third-order valence-corrected chi connectivity index (χ3v) is 5.89. The average Bonchev–Trinajstić information content (AvgIpc) is 3.09. The number of aromatic nitrogens is 1. The number of carbonyl (C=O) groups is 1. The first-order valence-electron chi connectivity index (χ1n) is 8.40. The number of thiazole rings is 1. The monoisotopic (exact) mass is 404 g/mol. The molecule has 3 rings (SSSR count). The summed E-state index contributed by atoms with van der Waals surface area (Å²) in [5.41, 5.74) is 2.63. The van der Waals surface area contributed by atoms with Crippen LogP contribution in [0.3, 0.4) is 0 Å². The Morgan fingerprint density at radius 1 is 1.22 bits per heavy atom. The van der Waals surface area contributed by atoms with Gasteiger partial charge < -0.3 is 0 Å². The van der Waals surface area contributed by atoms with Gasteiger partial charge in [0, 0.05) is 29.0 Å². The molecule has 0 saturated carbocycles. The second-order valence-electron chi connectivity index (χ2n) is 5.82. The maximum Gasteiger partial charge on any atom is 0.230 e. The van der Waals surface area contributed by atoms with E-state index in [4.69, 9.17) is 0 Å². The molecule has 140 valence electrons. The van der Waals surface area contributed by atoms with Crippen LogP contribution >= 0.6 is 23.1 Å². The maximum absolute atomic E-state index is 13.8. The number of rotatable bonds is 6. The van der Waals surface area contributed by atoms with Crippen molar-refractivity contribution in [1.82, 2.24) is 4.98 Å². The molecule has 0 unspecified atom stereocenters. The summed E-state index contributed by atoms with van der Waals surface area (Å²) in [7, 11) is 0. The molecule has 3 nitrogen and oxygen atoms in total. The van der Waals surface area contributed by atoms with Crippen molar-refractivity contribution in [2.75, 3.05) is 4.90 Å². The zero-order valence-electron chi connectivity index (χ0n) is 14.9. The normalized spacial score (nSPS) is 10.8. The number of hydrogen-bond donors (Lipinski definition) is 0. The van der Waals surface area contributed by atoms with Gasteiger partial charge in [0.2, 0.25) is 5.91 Å². The molecule has 0 spiro atoms. The van der Waals surface area contributed by atoms with E-state index in [0.29, 0.717) is 15.8 Å². The van der Waals surface area contributed by atoms with Crippen molar-refractivity contribution in [2.24, 2.45) is 0 Å². The molecule has 2 aromatic carbocycles. The molecule has 0 aliphatic rings. The molecule has 27 heavy (non-hydrogen) atoms. The summed E-state index contributed by atoms with van der Waals surface area (Å²) in [6, 6.07) is 11.3. The first-order valence-corrected chi connectivity index (χ1v) is 10.3. The number of para-hydroxylation sites is 1. The number of amides is 1. The molecule has 0 aliphatic heterocycles. The van der Waals surface area contributed by atoms with E-state index in [1.54, 1.807) is 4.90 Å². The summed E-state index contributed by atoms with van der Waals surface area (Å²) in [6.07, 6.45) is 0.803. The summed E-state index contributed by atoms with van der Waals surface area (Å²) in [4.78, 5) is 18.8. The number of nitrogens with zero attached hydrogens (tertiary/aromatic N) is 2. The van der Waals surface area contributed by atoms with Crippen LogP contribution in [0.5, 0.6) is 0 Å². The second-order valence-corrected chi connectivity index (χ2v) is 7.68. The standard InChI is InChI=1S/C20H18F2N2OS2/c1-3-14-6-4-5-7-18(14)24(13(2)25)20-23-16(12-27-20)11-26-19-9-8-15(21)10-17(19)22/h4-10,12H,3,11H2,1-2H3. The second kappa shape index (κ2) is 8.63. The lowest BCUT2D eigenvalue weighted by molar-refractivity contribution is -0.115. The van der Waals surface area contributed by atoms with Gasteiger partial charge in [0.05, 0.1) is 11.4 Å². The lowest BCUT2D eigenvalue weighted by Crippen LogP contribution is -2.23. The van der Waals surface area contributed by atoms with Crippen LogP contribution in [0.15, 0.2) is 52.7 Å². The molecule has 0 bridgehead atoms. The predicted molar refractivity (Wildman–Crippen MR) is 107 cm³/mol. The molecule has 7 heteroatoms. The van der Waals surface area contributed by atoms with E-state index in [1.165, 1.54) is 42.2 Å². The number of anilines is 2. The van der Waals surface area contributed by atoms with Gasteiger partial charge in [-0.15, -0.1) is 23.1 Å². The Bertz CT molecular complexity index is 959. The average molecular weight is 405 g/mol. The van der Waals surface area contributed by atoms with Gasteiger partial charge in [-0.2, -0.15) is 0 Å². The predicted octanol–water partition coefficient (Wildman–Crippen LogP) is 5.96. The van der Waals surface area contributed by atoms with Gasteiger partial charge in [-0.05, 0) is 30.2 Å². The van der Waals surface area contributed by atoms with E-state index < -0.39 is 11.6 Å². The van der Waals surface area contributed by atoms with Gasteiger partial charge in [-0.25, -0.2) is 13.8 Å². The minimum Gasteiger partial charge on any atom is -0.274 e. The summed E-state index contributed by atoms with van der Waals surface area (Å²) in [5, 5.41) is 2.44. The molecule has 0 saturated heterocycles. The minimum atomic E-state index is -0.598. The summed E-state index contributed by atoms with van der Waals surface area (Å²) < 4.78 is 26.8. The van der Waals surface area contributed by atoms with Crippen molar-refractivity contribution in [1.29, 1.82) is 0 Å². The van der Waals surface area contributed by atoms with Crippen molar-refractivity contribution < 1.29 is 13.6 Å². The number of carbonyl (C=O) groups excluding carboxylic acids is 1. The van der Waals surface area contributed by atoms with Crippen molar-refractivity contribution in [3.63, 3.8) is 0 Å². The van der Waals surface area contributed by atoms with E-state index in [1.807, 2.05) is 36.6 Å². The van der Waals surface area contributed by atoms with Gasteiger partial charge >= 0.3 is 0 Å². The third kappa shape index (κ3) is 4.54. The Labute approximate surface area is 165 Å².